The van der Waals surface area contributed by atoms with Crippen LogP contribution in [0.3, 0.4) is 0 Å². The molecule has 0 aliphatic carbocycles. The van der Waals surface area contributed by atoms with Crippen molar-refractivity contribution in [2.45, 2.75) is 12.8 Å². The molecule has 0 saturated carbocycles. The molecule has 0 atom stereocenters. The summed E-state index contributed by atoms with van der Waals surface area (Å²) in [5, 5.41) is 8.76. The first-order valence-corrected chi connectivity index (χ1v) is 4.06. The van der Waals surface area contributed by atoms with Crippen LogP contribution in [0.2, 0.25) is 0 Å². The van der Waals surface area contributed by atoms with Crippen molar-refractivity contribution >= 4 is 5.69 Å². The third-order valence-corrected chi connectivity index (χ3v) is 2.05. The van der Waals surface area contributed by atoms with E-state index >= 15 is 0 Å². The van der Waals surface area contributed by atoms with Crippen LogP contribution in [0, 0.1) is 0 Å². The van der Waals surface area contributed by atoms with E-state index in [2.05, 4.69) is 5.48 Å². The van der Waals surface area contributed by atoms with Gasteiger partial charge in [-0.2, -0.15) is 0 Å². The van der Waals surface area contributed by atoms with Crippen molar-refractivity contribution in [3.8, 4) is 5.75 Å². The second-order valence-corrected chi connectivity index (χ2v) is 2.86. The number of benzene rings is 1. The van der Waals surface area contributed by atoms with Gasteiger partial charge in [-0.25, -0.2) is 0 Å². The summed E-state index contributed by atoms with van der Waals surface area (Å²) in [7, 11) is 0. The summed E-state index contributed by atoms with van der Waals surface area (Å²) in [6, 6.07) is 5.73. The number of nitrogens with one attached hydrogen (secondary N) is 1. The number of fused-ring (bicyclic) bond motifs is 1. The third-order valence-electron chi connectivity index (χ3n) is 2.05. The molecule has 3 heteroatoms. The van der Waals surface area contributed by atoms with Crippen molar-refractivity contribution in [3.63, 3.8) is 0 Å². The number of hydrogen-bond donors (Lipinski definition) is 2. The van der Waals surface area contributed by atoms with Gasteiger partial charge >= 0.3 is 0 Å². The van der Waals surface area contributed by atoms with Crippen LogP contribution in [0.4, 0.5) is 5.69 Å². The Morgan fingerprint density at radius 2 is 2.33 bits per heavy atom. The Labute approximate surface area is 70.9 Å². The topological polar surface area (TPSA) is 41.5 Å². The van der Waals surface area contributed by atoms with Crippen LogP contribution in [0.15, 0.2) is 18.2 Å². The maximum absolute atomic E-state index is 8.76. The molecule has 0 amide bonds. The first kappa shape index (κ1) is 7.43. The van der Waals surface area contributed by atoms with Gasteiger partial charge in [-0.05, 0) is 24.5 Å². The Balaban J connectivity index is 2.44. The van der Waals surface area contributed by atoms with E-state index in [4.69, 9.17) is 9.94 Å². The lowest BCUT2D eigenvalue weighted by atomic mass is 10.1. The molecule has 2 rings (SSSR count). The van der Waals surface area contributed by atoms with E-state index in [0.717, 1.165) is 25.2 Å². The van der Waals surface area contributed by atoms with Gasteiger partial charge in [0, 0.05) is 0 Å². The summed E-state index contributed by atoms with van der Waals surface area (Å²) >= 11 is 0. The summed E-state index contributed by atoms with van der Waals surface area (Å²) in [5.41, 5.74) is 3.96. The lowest BCUT2D eigenvalue weighted by molar-refractivity contribution is 0.285. The van der Waals surface area contributed by atoms with Gasteiger partial charge in [0.15, 0.2) is 0 Å². The molecule has 1 aromatic carbocycles. The zero-order valence-electron chi connectivity index (χ0n) is 6.71. The van der Waals surface area contributed by atoms with E-state index in [0.29, 0.717) is 5.69 Å². The smallest absolute Gasteiger partial charge is 0.147 e. The largest absolute Gasteiger partial charge is 0.491 e. The van der Waals surface area contributed by atoms with Crippen molar-refractivity contribution in [2.24, 2.45) is 0 Å². The van der Waals surface area contributed by atoms with Gasteiger partial charge in [0.05, 0.1) is 6.61 Å². The second kappa shape index (κ2) is 3.03. The lowest BCUT2D eigenvalue weighted by Crippen LogP contribution is -2.10. The summed E-state index contributed by atoms with van der Waals surface area (Å²) in [4.78, 5) is 0. The van der Waals surface area contributed by atoms with Gasteiger partial charge in [0.25, 0.3) is 0 Å². The molecule has 0 spiro atoms. The molecule has 1 heterocycles. The summed E-state index contributed by atoms with van der Waals surface area (Å²) in [6.45, 7) is 0.742. The first-order chi connectivity index (χ1) is 5.92. The lowest BCUT2D eigenvalue weighted by Gasteiger charge is -2.19. The van der Waals surface area contributed by atoms with Gasteiger partial charge in [-0.3, -0.25) is 10.7 Å². The van der Waals surface area contributed by atoms with E-state index in [1.54, 1.807) is 6.07 Å². The highest BCUT2D eigenvalue weighted by atomic mass is 16.5. The number of anilines is 1. The molecule has 0 unspecified atom stereocenters. The molecular formula is C9H11NO2. The van der Waals surface area contributed by atoms with Crippen molar-refractivity contribution in [1.29, 1.82) is 0 Å². The van der Waals surface area contributed by atoms with E-state index < -0.39 is 0 Å². The predicted molar refractivity (Wildman–Crippen MR) is 45.7 cm³/mol. The van der Waals surface area contributed by atoms with Crippen LogP contribution in [0.1, 0.15) is 12.0 Å². The molecular weight excluding hydrogens is 154 g/mol. The van der Waals surface area contributed by atoms with Crippen molar-refractivity contribution < 1.29 is 9.94 Å². The van der Waals surface area contributed by atoms with Crippen LogP contribution >= 0.6 is 0 Å². The molecule has 1 aromatic rings. The third kappa shape index (κ3) is 1.12. The highest BCUT2D eigenvalue weighted by Crippen LogP contribution is 2.32. The molecule has 0 fully saturated rings. The Morgan fingerprint density at radius 3 is 3.17 bits per heavy atom. The quantitative estimate of drug-likeness (QED) is 0.623. The minimum atomic E-state index is 0.659. The Hall–Kier alpha value is -1.22. The molecule has 64 valence electrons. The number of aryl methyl sites for hydroxylation is 1. The van der Waals surface area contributed by atoms with Gasteiger partial charge < -0.3 is 4.74 Å². The van der Waals surface area contributed by atoms with Gasteiger partial charge in [0.2, 0.25) is 0 Å². The van der Waals surface area contributed by atoms with Crippen molar-refractivity contribution in [2.75, 3.05) is 12.1 Å². The van der Waals surface area contributed by atoms with E-state index in [-0.39, 0.29) is 0 Å². The van der Waals surface area contributed by atoms with Crippen LogP contribution in [0.5, 0.6) is 5.75 Å². The second-order valence-electron chi connectivity index (χ2n) is 2.86. The summed E-state index contributed by atoms with van der Waals surface area (Å²) in [5.74, 6) is 0.797. The fraction of sp³-hybridized carbons (Fsp3) is 0.333. The van der Waals surface area contributed by atoms with E-state index in [1.807, 2.05) is 12.1 Å². The number of ether oxygens (including phenoxy) is 1. The number of para-hydroxylation sites is 1. The molecule has 0 aromatic heterocycles. The van der Waals surface area contributed by atoms with Crippen LogP contribution in [-0.4, -0.2) is 11.8 Å². The summed E-state index contributed by atoms with van der Waals surface area (Å²) in [6.07, 6.45) is 2.09. The van der Waals surface area contributed by atoms with Gasteiger partial charge in [0.1, 0.15) is 11.4 Å². The maximum atomic E-state index is 8.76. The Kier molecular flexibility index (Phi) is 1.87. The fourth-order valence-corrected chi connectivity index (χ4v) is 1.48. The molecule has 1 aliphatic heterocycles. The fourth-order valence-electron chi connectivity index (χ4n) is 1.48. The zero-order valence-corrected chi connectivity index (χ0v) is 6.71. The average Bonchev–Trinajstić information content (AvgIpc) is 2.17. The number of rotatable bonds is 1. The minimum Gasteiger partial charge on any atom is -0.491 e. The molecule has 12 heavy (non-hydrogen) atoms. The summed E-state index contributed by atoms with van der Waals surface area (Å²) < 4.78 is 5.42. The predicted octanol–water partition coefficient (Wildman–Crippen LogP) is 1.81. The molecule has 0 radical (unpaired) electrons. The zero-order chi connectivity index (χ0) is 8.39. The Morgan fingerprint density at radius 1 is 1.42 bits per heavy atom. The SMILES string of the molecule is ONc1cccc2c1OCCC2. The molecule has 3 nitrogen and oxygen atoms in total. The van der Waals surface area contributed by atoms with E-state index in [9.17, 15) is 0 Å². The highest BCUT2D eigenvalue weighted by molar-refractivity contribution is 5.59. The first-order valence-electron chi connectivity index (χ1n) is 4.06. The minimum absolute atomic E-state index is 0.659. The highest BCUT2D eigenvalue weighted by Gasteiger charge is 2.13. The average molecular weight is 165 g/mol. The van der Waals surface area contributed by atoms with E-state index in [1.165, 1.54) is 5.56 Å². The van der Waals surface area contributed by atoms with Crippen molar-refractivity contribution in [1.82, 2.24) is 0 Å². The number of hydrogen-bond acceptors (Lipinski definition) is 3. The van der Waals surface area contributed by atoms with Crippen LogP contribution < -0.4 is 10.2 Å². The molecule has 0 saturated heterocycles. The van der Waals surface area contributed by atoms with Crippen molar-refractivity contribution in [3.05, 3.63) is 23.8 Å². The molecule has 2 N–H and O–H groups in total. The Bertz CT molecular complexity index is 272. The van der Waals surface area contributed by atoms with Crippen LogP contribution in [0.25, 0.3) is 0 Å². The standard InChI is InChI=1S/C9H11NO2/c11-10-8-5-1-3-7-4-2-6-12-9(7)8/h1,3,5,10-11H,2,4,6H2. The van der Waals surface area contributed by atoms with Crippen LogP contribution in [-0.2, 0) is 6.42 Å². The monoisotopic (exact) mass is 165 g/mol. The molecule has 1 aliphatic rings. The normalized spacial score (nSPS) is 14.8. The maximum Gasteiger partial charge on any atom is 0.147 e. The van der Waals surface area contributed by atoms with Gasteiger partial charge in [-0.1, -0.05) is 12.1 Å². The molecule has 0 bridgehead atoms. The van der Waals surface area contributed by atoms with Gasteiger partial charge in [-0.15, -0.1) is 0 Å².